The van der Waals surface area contributed by atoms with Crippen LogP contribution in [-0.4, -0.2) is 46.7 Å². The predicted octanol–water partition coefficient (Wildman–Crippen LogP) is 2.96. The maximum Gasteiger partial charge on any atom is 0.261 e. The first-order chi connectivity index (χ1) is 13.7. The number of thiophene rings is 1. The highest BCUT2D eigenvalue weighted by molar-refractivity contribution is 7.20. The molecule has 3 aromatic rings. The molecule has 28 heavy (non-hydrogen) atoms. The van der Waals surface area contributed by atoms with Gasteiger partial charge < -0.3 is 15.4 Å². The Labute approximate surface area is 167 Å². The number of carbonyl (C=O) groups excluding carboxylic acids is 1. The molecule has 146 valence electrons. The Morgan fingerprint density at radius 2 is 2.18 bits per heavy atom. The molecule has 4 heterocycles. The molecule has 0 radical (unpaired) electrons. The van der Waals surface area contributed by atoms with Gasteiger partial charge in [0.2, 0.25) is 0 Å². The summed E-state index contributed by atoms with van der Waals surface area (Å²) in [5, 5.41) is 7.31. The van der Waals surface area contributed by atoms with E-state index in [1.165, 1.54) is 11.3 Å². The number of carbonyl (C=O) groups is 1. The van der Waals surface area contributed by atoms with E-state index < -0.39 is 0 Å². The van der Waals surface area contributed by atoms with Crippen LogP contribution in [0.4, 0.5) is 5.82 Å². The number of rotatable bonds is 7. The van der Waals surface area contributed by atoms with Crippen LogP contribution in [0, 0.1) is 6.92 Å². The minimum Gasteiger partial charge on any atom is -0.376 e. The summed E-state index contributed by atoms with van der Waals surface area (Å²) >= 11 is 1.41. The number of aryl methyl sites for hydroxylation is 1. The molecule has 0 spiro atoms. The number of fused-ring (bicyclic) bond motifs is 1. The molecule has 1 unspecified atom stereocenters. The third kappa shape index (κ3) is 4.13. The van der Waals surface area contributed by atoms with Crippen LogP contribution in [0.15, 0.2) is 30.9 Å². The van der Waals surface area contributed by atoms with Crippen molar-refractivity contribution >= 4 is 33.3 Å². The predicted molar refractivity (Wildman–Crippen MR) is 110 cm³/mol. The SMILES string of the molecule is Cc1c(C(=O)NCCc2ccncc2)sc2ncnc(NCC3CCCO3)c12. The van der Waals surface area contributed by atoms with E-state index >= 15 is 0 Å². The first-order valence-corrected chi connectivity index (χ1v) is 10.3. The Balaban J connectivity index is 1.45. The lowest BCUT2D eigenvalue weighted by atomic mass is 10.1. The molecule has 1 amide bonds. The molecule has 4 rings (SSSR count). The minimum atomic E-state index is -0.0698. The molecule has 8 heteroatoms. The first-order valence-electron chi connectivity index (χ1n) is 9.49. The lowest BCUT2D eigenvalue weighted by molar-refractivity contribution is 0.0957. The normalized spacial score (nSPS) is 16.4. The Kier molecular flexibility index (Phi) is 5.78. The zero-order valence-corrected chi connectivity index (χ0v) is 16.6. The van der Waals surface area contributed by atoms with E-state index in [4.69, 9.17) is 4.74 Å². The van der Waals surface area contributed by atoms with Crippen molar-refractivity contribution in [2.75, 3.05) is 25.0 Å². The Hall–Kier alpha value is -2.58. The molecule has 0 saturated carbocycles. The molecule has 0 bridgehead atoms. The average molecular weight is 398 g/mol. The summed E-state index contributed by atoms with van der Waals surface area (Å²) in [6, 6.07) is 3.91. The standard InChI is InChI=1S/C20H23N5O2S/c1-13-16-18(23-11-15-3-2-10-27-15)24-12-25-20(16)28-17(13)19(26)22-9-6-14-4-7-21-8-5-14/h4-5,7-8,12,15H,2-3,6,9-11H2,1H3,(H,22,26)(H,23,24,25). The van der Waals surface area contributed by atoms with Crippen molar-refractivity contribution in [3.8, 4) is 0 Å². The zero-order valence-electron chi connectivity index (χ0n) is 15.8. The van der Waals surface area contributed by atoms with Crippen LogP contribution in [-0.2, 0) is 11.2 Å². The summed E-state index contributed by atoms with van der Waals surface area (Å²) in [6.07, 6.45) is 8.23. The van der Waals surface area contributed by atoms with E-state index in [1.807, 2.05) is 19.1 Å². The molecule has 2 N–H and O–H groups in total. The van der Waals surface area contributed by atoms with Crippen LogP contribution in [0.1, 0.15) is 33.6 Å². The zero-order chi connectivity index (χ0) is 19.3. The van der Waals surface area contributed by atoms with Gasteiger partial charge in [-0.2, -0.15) is 0 Å². The van der Waals surface area contributed by atoms with Crippen LogP contribution in [0.5, 0.6) is 0 Å². The summed E-state index contributed by atoms with van der Waals surface area (Å²) in [7, 11) is 0. The van der Waals surface area contributed by atoms with Gasteiger partial charge in [0.15, 0.2) is 0 Å². The second kappa shape index (κ2) is 8.62. The molecule has 1 aliphatic heterocycles. The van der Waals surface area contributed by atoms with E-state index in [9.17, 15) is 4.79 Å². The second-order valence-corrected chi connectivity index (χ2v) is 7.83. The molecule has 0 aromatic carbocycles. The van der Waals surface area contributed by atoms with Gasteiger partial charge in [-0.15, -0.1) is 11.3 Å². The molecular weight excluding hydrogens is 374 g/mol. The number of anilines is 1. The number of aromatic nitrogens is 3. The molecular formula is C20H23N5O2S. The molecule has 1 fully saturated rings. The Morgan fingerprint density at radius 1 is 1.32 bits per heavy atom. The maximum atomic E-state index is 12.7. The van der Waals surface area contributed by atoms with E-state index in [1.54, 1.807) is 18.7 Å². The van der Waals surface area contributed by atoms with Crippen molar-refractivity contribution < 1.29 is 9.53 Å². The third-order valence-corrected chi connectivity index (χ3v) is 6.10. The van der Waals surface area contributed by atoms with Crippen molar-refractivity contribution in [3.05, 3.63) is 46.9 Å². The fourth-order valence-corrected chi connectivity index (χ4v) is 4.45. The van der Waals surface area contributed by atoms with Gasteiger partial charge in [0.25, 0.3) is 5.91 Å². The van der Waals surface area contributed by atoms with Crippen molar-refractivity contribution in [1.29, 1.82) is 0 Å². The van der Waals surface area contributed by atoms with Crippen molar-refractivity contribution in [1.82, 2.24) is 20.3 Å². The number of ether oxygens (including phenoxy) is 1. The highest BCUT2D eigenvalue weighted by atomic mass is 32.1. The van der Waals surface area contributed by atoms with E-state index in [2.05, 4.69) is 25.6 Å². The molecule has 3 aromatic heterocycles. The molecule has 1 aliphatic rings. The van der Waals surface area contributed by atoms with Gasteiger partial charge in [-0.05, 0) is 49.4 Å². The van der Waals surface area contributed by atoms with Gasteiger partial charge in [0.05, 0.1) is 16.4 Å². The van der Waals surface area contributed by atoms with Gasteiger partial charge in [-0.25, -0.2) is 9.97 Å². The van der Waals surface area contributed by atoms with Gasteiger partial charge in [-0.3, -0.25) is 9.78 Å². The molecule has 0 aliphatic carbocycles. The Bertz CT molecular complexity index is 954. The number of pyridine rings is 1. The monoisotopic (exact) mass is 397 g/mol. The highest BCUT2D eigenvalue weighted by Gasteiger charge is 2.20. The fourth-order valence-electron chi connectivity index (χ4n) is 3.39. The largest absolute Gasteiger partial charge is 0.376 e. The lowest BCUT2D eigenvalue weighted by Crippen LogP contribution is -2.25. The first kappa shape index (κ1) is 18.8. The minimum absolute atomic E-state index is 0.0698. The number of amides is 1. The van der Waals surface area contributed by atoms with Crippen LogP contribution in [0.3, 0.4) is 0 Å². The van der Waals surface area contributed by atoms with Crippen molar-refractivity contribution in [3.63, 3.8) is 0 Å². The van der Waals surface area contributed by atoms with E-state index in [0.717, 1.165) is 59.6 Å². The summed E-state index contributed by atoms with van der Waals surface area (Å²) in [6.45, 7) is 4.07. The van der Waals surface area contributed by atoms with Gasteiger partial charge >= 0.3 is 0 Å². The fraction of sp³-hybridized carbons (Fsp3) is 0.400. The van der Waals surface area contributed by atoms with Crippen LogP contribution in [0.2, 0.25) is 0 Å². The van der Waals surface area contributed by atoms with Gasteiger partial charge in [-0.1, -0.05) is 0 Å². The Morgan fingerprint density at radius 3 is 2.96 bits per heavy atom. The number of hydrogen-bond donors (Lipinski definition) is 2. The van der Waals surface area contributed by atoms with Crippen LogP contribution >= 0.6 is 11.3 Å². The molecule has 1 atom stereocenters. The highest BCUT2D eigenvalue weighted by Crippen LogP contribution is 2.33. The molecule has 1 saturated heterocycles. The summed E-state index contributed by atoms with van der Waals surface area (Å²) in [4.78, 5) is 27.0. The maximum absolute atomic E-state index is 12.7. The number of nitrogens with one attached hydrogen (secondary N) is 2. The average Bonchev–Trinajstić information content (AvgIpc) is 3.35. The van der Waals surface area contributed by atoms with Crippen LogP contribution < -0.4 is 10.6 Å². The third-order valence-electron chi connectivity index (χ3n) is 4.90. The summed E-state index contributed by atoms with van der Waals surface area (Å²) in [5.41, 5.74) is 2.06. The van der Waals surface area contributed by atoms with Crippen LogP contribution in [0.25, 0.3) is 10.2 Å². The van der Waals surface area contributed by atoms with E-state index in [-0.39, 0.29) is 12.0 Å². The molecule has 7 nitrogen and oxygen atoms in total. The van der Waals surface area contributed by atoms with Crippen molar-refractivity contribution in [2.24, 2.45) is 0 Å². The topological polar surface area (TPSA) is 89.0 Å². The quantitative estimate of drug-likeness (QED) is 0.637. The second-order valence-electron chi connectivity index (χ2n) is 6.84. The number of nitrogens with zero attached hydrogens (tertiary/aromatic N) is 3. The smallest absolute Gasteiger partial charge is 0.261 e. The van der Waals surface area contributed by atoms with Gasteiger partial charge in [0, 0.05) is 32.1 Å². The lowest BCUT2D eigenvalue weighted by Gasteiger charge is -2.12. The van der Waals surface area contributed by atoms with Gasteiger partial charge in [0.1, 0.15) is 17.0 Å². The van der Waals surface area contributed by atoms with Crippen molar-refractivity contribution in [2.45, 2.75) is 32.3 Å². The number of hydrogen-bond acceptors (Lipinski definition) is 7. The van der Waals surface area contributed by atoms with E-state index in [0.29, 0.717) is 11.4 Å². The summed E-state index contributed by atoms with van der Waals surface area (Å²) in [5.74, 6) is 0.699. The summed E-state index contributed by atoms with van der Waals surface area (Å²) < 4.78 is 5.67.